The minimum Gasteiger partial charge on any atom is -0.373 e. The van der Waals surface area contributed by atoms with Crippen molar-refractivity contribution in [2.75, 3.05) is 26.2 Å². The standard InChI is InChI=1S/C12H24N2O/c1-10-8-11(4-5-13-10)14-6-7-15-12(2,3)9-14/h10-11,13H,4-9H2,1-3H3. The summed E-state index contributed by atoms with van der Waals surface area (Å²) >= 11 is 0. The fraction of sp³-hybridized carbons (Fsp3) is 1.00. The minimum absolute atomic E-state index is 0.0480. The first-order chi connectivity index (χ1) is 7.07. The van der Waals surface area contributed by atoms with Crippen LogP contribution in [0, 0.1) is 0 Å². The average Bonchev–Trinajstić information content (AvgIpc) is 2.16. The molecule has 0 bridgehead atoms. The van der Waals surface area contributed by atoms with Crippen LogP contribution >= 0.6 is 0 Å². The summed E-state index contributed by atoms with van der Waals surface area (Å²) in [6.07, 6.45) is 2.58. The number of nitrogens with zero attached hydrogens (tertiary/aromatic N) is 1. The molecule has 2 fully saturated rings. The lowest BCUT2D eigenvalue weighted by molar-refractivity contribution is -0.101. The van der Waals surface area contributed by atoms with Crippen LogP contribution in [0.15, 0.2) is 0 Å². The monoisotopic (exact) mass is 212 g/mol. The highest BCUT2D eigenvalue weighted by molar-refractivity contribution is 4.87. The Bertz CT molecular complexity index is 218. The minimum atomic E-state index is 0.0480. The van der Waals surface area contributed by atoms with E-state index < -0.39 is 0 Å². The number of nitrogens with one attached hydrogen (secondary N) is 1. The molecule has 0 aliphatic carbocycles. The van der Waals surface area contributed by atoms with Crippen LogP contribution in [-0.4, -0.2) is 48.8 Å². The molecule has 0 aromatic rings. The van der Waals surface area contributed by atoms with Gasteiger partial charge >= 0.3 is 0 Å². The number of ether oxygens (including phenoxy) is 1. The number of hydrogen-bond acceptors (Lipinski definition) is 3. The topological polar surface area (TPSA) is 24.5 Å². The summed E-state index contributed by atoms with van der Waals surface area (Å²) in [4.78, 5) is 2.63. The van der Waals surface area contributed by atoms with Gasteiger partial charge in [0.2, 0.25) is 0 Å². The van der Waals surface area contributed by atoms with Gasteiger partial charge in [-0.05, 0) is 40.2 Å². The molecule has 0 aromatic carbocycles. The van der Waals surface area contributed by atoms with E-state index in [1.165, 1.54) is 19.4 Å². The van der Waals surface area contributed by atoms with Crippen LogP contribution in [0.2, 0.25) is 0 Å². The molecule has 2 aliphatic rings. The van der Waals surface area contributed by atoms with E-state index in [0.29, 0.717) is 6.04 Å². The van der Waals surface area contributed by atoms with Gasteiger partial charge < -0.3 is 10.1 Å². The summed E-state index contributed by atoms with van der Waals surface area (Å²) in [5.41, 5.74) is 0.0480. The summed E-state index contributed by atoms with van der Waals surface area (Å²) in [5, 5.41) is 3.51. The van der Waals surface area contributed by atoms with Gasteiger partial charge in [0.1, 0.15) is 0 Å². The number of hydrogen-bond donors (Lipinski definition) is 1. The van der Waals surface area contributed by atoms with Gasteiger partial charge in [-0.2, -0.15) is 0 Å². The molecule has 0 spiro atoms. The van der Waals surface area contributed by atoms with Crippen molar-refractivity contribution < 1.29 is 4.74 Å². The summed E-state index contributed by atoms with van der Waals surface area (Å²) in [6.45, 7) is 10.9. The van der Waals surface area contributed by atoms with Crippen LogP contribution in [0.3, 0.4) is 0 Å². The van der Waals surface area contributed by atoms with E-state index in [-0.39, 0.29) is 5.60 Å². The molecule has 2 unspecified atom stereocenters. The summed E-state index contributed by atoms with van der Waals surface area (Å²) < 4.78 is 5.76. The second kappa shape index (κ2) is 4.40. The number of morpholine rings is 1. The van der Waals surface area contributed by atoms with E-state index in [0.717, 1.165) is 25.7 Å². The molecular weight excluding hydrogens is 188 g/mol. The Labute approximate surface area is 93.2 Å². The molecule has 2 atom stereocenters. The van der Waals surface area contributed by atoms with Crippen LogP contribution in [0.1, 0.15) is 33.6 Å². The predicted octanol–water partition coefficient (Wildman–Crippen LogP) is 1.24. The average molecular weight is 212 g/mol. The van der Waals surface area contributed by atoms with Crippen molar-refractivity contribution in [2.24, 2.45) is 0 Å². The second-order valence-corrected chi connectivity index (χ2v) is 5.61. The molecule has 0 aromatic heterocycles. The summed E-state index contributed by atoms with van der Waals surface area (Å²) in [6, 6.07) is 1.44. The third kappa shape index (κ3) is 2.92. The largest absolute Gasteiger partial charge is 0.373 e. The summed E-state index contributed by atoms with van der Waals surface area (Å²) in [7, 11) is 0. The maximum atomic E-state index is 5.76. The summed E-state index contributed by atoms with van der Waals surface area (Å²) in [5.74, 6) is 0. The van der Waals surface area contributed by atoms with Gasteiger partial charge in [-0.25, -0.2) is 0 Å². The van der Waals surface area contributed by atoms with E-state index in [1.54, 1.807) is 0 Å². The van der Waals surface area contributed by atoms with E-state index in [9.17, 15) is 0 Å². The van der Waals surface area contributed by atoms with Crippen LogP contribution in [0.25, 0.3) is 0 Å². The second-order valence-electron chi connectivity index (χ2n) is 5.61. The van der Waals surface area contributed by atoms with Gasteiger partial charge in [0.05, 0.1) is 12.2 Å². The van der Waals surface area contributed by atoms with E-state index in [4.69, 9.17) is 4.74 Å². The molecule has 0 radical (unpaired) electrons. The lowest BCUT2D eigenvalue weighted by Crippen LogP contribution is -2.55. The molecular formula is C12H24N2O. The molecule has 0 amide bonds. The van der Waals surface area contributed by atoms with Gasteiger partial charge in [0.15, 0.2) is 0 Å². The molecule has 2 aliphatic heterocycles. The van der Waals surface area contributed by atoms with Crippen LogP contribution < -0.4 is 5.32 Å². The van der Waals surface area contributed by atoms with E-state index in [1.807, 2.05) is 0 Å². The Balaban J connectivity index is 1.92. The van der Waals surface area contributed by atoms with Gasteiger partial charge in [-0.1, -0.05) is 0 Å². The van der Waals surface area contributed by atoms with Crippen LogP contribution in [-0.2, 0) is 4.74 Å². The van der Waals surface area contributed by atoms with E-state index in [2.05, 4.69) is 31.0 Å². The predicted molar refractivity (Wildman–Crippen MR) is 62.1 cm³/mol. The Morgan fingerprint density at radius 2 is 2.20 bits per heavy atom. The maximum absolute atomic E-state index is 5.76. The Kier molecular flexibility index (Phi) is 3.33. The van der Waals surface area contributed by atoms with Crippen molar-refractivity contribution in [3.05, 3.63) is 0 Å². The van der Waals surface area contributed by atoms with Crippen molar-refractivity contribution in [2.45, 2.75) is 51.3 Å². The molecule has 3 nitrogen and oxygen atoms in total. The maximum Gasteiger partial charge on any atom is 0.0753 e. The normalized spacial score (nSPS) is 37.8. The third-order valence-electron chi connectivity index (χ3n) is 3.57. The van der Waals surface area contributed by atoms with Crippen molar-refractivity contribution in [1.82, 2.24) is 10.2 Å². The zero-order chi connectivity index (χ0) is 10.9. The molecule has 3 heteroatoms. The third-order valence-corrected chi connectivity index (χ3v) is 3.57. The first kappa shape index (κ1) is 11.4. The van der Waals surface area contributed by atoms with Crippen molar-refractivity contribution >= 4 is 0 Å². The number of piperidine rings is 1. The molecule has 0 saturated carbocycles. The van der Waals surface area contributed by atoms with Crippen LogP contribution in [0.4, 0.5) is 0 Å². The zero-order valence-corrected chi connectivity index (χ0v) is 10.3. The molecule has 2 rings (SSSR count). The lowest BCUT2D eigenvalue weighted by Gasteiger charge is -2.44. The number of rotatable bonds is 1. The fourth-order valence-corrected chi connectivity index (χ4v) is 2.80. The Morgan fingerprint density at radius 1 is 1.40 bits per heavy atom. The smallest absolute Gasteiger partial charge is 0.0753 e. The highest BCUT2D eigenvalue weighted by Crippen LogP contribution is 2.23. The van der Waals surface area contributed by atoms with Crippen molar-refractivity contribution in [3.63, 3.8) is 0 Å². The quantitative estimate of drug-likeness (QED) is 0.708. The van der Waals surface area contributed by atoms with Gasteiger partial charge in [0, 0.05) is 25.2 Å². The highest BCUT2D eigenvalue weighted by atomic mass is 16.5. The van der Waals surface area contributed by atoms with Crippen molar-refractivity contribution in [3.8, 4) is 0 Å². The first-order valence-corrected chi connectivity index (χ1v) is 6.18. The molecule has 1 N–H and O–H groups in total. The van der Waals surface area contributed by atoms with Gasteiger partial charge in [-0.3, -0.25) is 4.90 Å². The SMILES string of the molecule is CC1CC(N2CCOC(C)(C)C2)CCN1. The highest BCUT2D eigenvalue weighted by Gasteiger charge is 2.32. The first-order valence-electron chi connectivity index (χ1n) is 6.18. The molecule has 2 saturated heterocycles. The molecule has 88 valence electrons. The molecule has 15 heavy (non-hydrogen) atoms. The van der Waals surface area contributed by atoms with Crippen LogP contribution in [0.5, 0.6) is 0 Å². The van der Waals surface area contributed by atoms with Crippen molar-refractivity contribution in [1.29, 1.82) is 0 Å². The van der Waals surface area contributed by atoms with Gasteiger partial charge in [-0.15, -0.1) is 0 Å². The Hall–Kier alpha value is -0.120. The Morgan fingerprint density at radius 3 is 2.87 bits per heavy atom. The van der Waals surface area contributed by atoms with E-state index >= 15 is 0 Å². The lowest BCUT2D eigenvalue weighted by atomic mass is 9.96. The fourth-order valence-electron chi connectivity index (χ4n) is 2.80. The van der Waals surface area contributed by atoms with Gasteiger partial charge in [0.25, 0.3) is 0 Å². The molecule has 2 heterocycles. The zero-order valence-electron chi connectivity index (χ0n) is 10.3.